The predicted molar refractivity (Wildman–Crippen MR) is 104 cm³/mol. The summed E-state index contributed by atoms with van der Waals surface area (Å²) >= 11 is 0. The fourth-order valence-corrected chi connectivity index (χ4v) is 3.22. The minimum atomic E-state index is 0.495. The molecule has 0 amide bonds. The van der Waals surface area contributed by atoms with Gasteiger partial charge in [0.2, 0.25) is 0 Å². The Morgan fingerprint density at radius 2 is 1.89 bits per heavy atom. The molecule has 0 radical (unpaired) electrons. The van der Waals surface area contributed by atoms with Gasteiger partial charge in [0.15, 0.2) is 23.3 Å². The van der Waals surface area contributed by atoms with E-state index in [1.165, 1.54) is 11.1 Å². The summed E-state index contributed by atoms with van der Waals surface area (Å²) in [7, 11) is 5.30. The normalized spacial score (nSPS) is 14.1. The lowest BCUT2D eigenvalue weighted by Gasteiger charge is -2.32. The van der Waals surface area contributed by atoms with Crippen molar-refractivity contribution in [2.45, 2.75) is 33.4 Å². The van der Waals surface area contributed by atoms with E-state index >= 15 is 0 Å². The van der Waals surface area contributed by atoms with E-state index < -0.39 is 0 Å². The van der Waals surface area contributed by atoms with Crippen LogP contribution in [0.25, 0.3) is 0 Å². The van der Waals surface area contributed by atoms with Crippen molar-refractivity contribution in [2.24, 2.45) is 12.0 Å². The van der Waals surface area contributed by atoms with Crippen LogP contribution in [0.1, 0.15) is 29.7 Å². The molecule has 2 aromatic rings. The quantitative estimate of drug-likeness (QED) is 0.635. The first kappa shape index (κ1) is 19.0. The molecule has 27 heavy (non-hydrogen) atoms. The molecule has 0 atom stereocenters. The summed E-state index contributed by atoms with van der Waals surface area (Å²) in [5, 5.41) is 11.7. The number of hydrogen-bond donors (Lipinski definition) is 1. The zero-order valence-corrected chi connectivity index (χ0v) is 16.7. The molecule has 0 bridgehead atoms. The fraction of sp³-hybridized carbons (Fsp3) is 0.526. The summed E-state index contributed by atoms with van der Waals surface area (Å²) in [5.41, 5.74) is 2.53. The van der Waals surface area contributed by atoms with E-state index in [1.54, 1.807) is 14.2 Å². The number of rotatable bonds is 5. The van der Waals surface area contributed by atoms with Crippen LogP contribution in [0.2, 0.25) is 0 Å². The fourth-order valence-electron chi connectivity index (χ4n) is 3.22. The minimum absolute atomic E-state index is 0.495. The van der Waals surface area contributed by atoms with Crippen LogP contribution in [0.4, 0.5) is 0 Å². The van der Waals surface area contributed by atoms with Crippen molar-refractivity contribution in [3.05, 3.63) is 34.9 Å². The van der Waals surface area contributed by atoms with Gasteiger partial charge in [0.25, 0.3) is 0 Å². The summed E-state index contributed by atoms with van der Waals surface area (Å²) in [5.74, 6) is 4.17. The first-order valence-corrected chi connectivity index (χ1v) is 9.19. The molecule has 0 spiro atoms. The van der Waals surface area contributed by atoms with Gasteiger partial charge in [0.05, 0.1) is 14.2 Å². The monoisotopic (exact) mass is 372 g/mol. The third-order valence-corrected chi connectivity index (χ3v) is 4.91. The van der Waals surface area contributed by atoms with Crippen LogP contribution in [0.15, 0.2) is 17.1 Å². The molecule has 0 unspecified atom stereocenters. The highest BCUT2D eigenvalue weighted by Gasteiger charge is 2.21. The van der Waals surface area contributed by atoms with Gasteiger partial charge in [-0.15, -0.1) is 10.2 Å². The molecule has 1 aromatic heterocycles. The smallest absolute Gasteiger partial charge is 0.194 e. The molecule has 146 valence electrons. The number of aromatic nitrogens is 3. The van der Waals surface area contributed by atoms with Crippen LogP contribution in [0.5, 0.6) is 11.5 Å². The second-order valence-corrected chi connectivity index (χ2v) is 6.54. The van der Waals surface area contributed by atoms with Gasteiger partial charge in [0, 0.05) is 26.7 Å². The number of methoxy groups -OCH3 is 2. The predicted octanol–water partition coefficient (Wildman–Crippen LogP) is 1.66. The van der Waals surface area contributed by atoms with Gasteiger partial charge in [-0.2, -0.15) is 0 Å². The molecule has 1 N–H and O–H groups in total. The van der Waals surface area contributed by atoms with Crippen molar-refractivity contribution in [3.63, 3.8) is 0 Å². The number of hydrogen-bond acceptors (Lipinski definition) is 5. The van der Waals surface area contributed by atoms with Gasteiger partial charge in [-0.25, -0.2) is 4.99 Å². The third-order valence-electron chi connectivity index (χ3n) is 4.91. The minimum Gasteiger partial charge on any atom is -0.493 e. The zero-order valence-electron chi connectivity index (χ0n) is 16.7. The zero-order chi connectivity index (χ0) is 19.4. The molecule has 3 rings (SSSR count). The first-order valence-electron chi connectivity index (χ1n) is 9.19. The summed E-state index contributed by atoms with van der Waals surface area (Å²) in [6.45, 7) is 6.99. The van der Waals surface area contributed by atoms with E-state index in [-0.39, 0.29) is 0 Å². The largest absolute Gasteiger partial charge is 0.493 e. The van der Waals surface area contributed by atoms with E-state index in [0.717, 1.165) is 55.2 Å². The molecular formula is C19H28N6O2. The molecule has 8 nitrogen and oxygen atoms in total. The second kappa shape index (κ2) is 8.28. The number of guanidine groups is 1. The van der Waals surface area contributed by atoms with Crippen LogP contribution < -0.4 is 14.8 Å². The lowest BCUT2D eigenvalue weighted by atomic mass is 9.99. The second-order valence-electron chi connectivity index (χ2n) is 6.54. The maximum absolute atomic E-state index is 5.46. The maximum Gasteiger partial charge on any atom is 0.194 e. The Bertz CT molecular complexity index is 830. The van der Waals surface area contributed by atoms with Gasteiger partial charge in [0.1, 0.15) is 12.4 Å². The van der Waals surface area contributed by atoms with Crippen molar-refractivity contribution < 1.29 is 9.47 Å². The van der Waals surface area contributed by atoms with Crippen LogP contribution in [0, 0.1) is 6.92 Å². The number of fused-ring (bicyclic) bond motifs is 1. The molecule has 1 aliphatic rings. The third kappa shape index (κ3) is 3.99. The summed E-state index contributed by atoms with van der Waals surface area (Å²) in [6.07, 6.45) is 0.934. The van der Waals surface area contributed by atoms with Crippen LogP contribution in [-0.4, -0.2) is 52.9 Å². The van der Waals surface area contributed by atoms with Crippen molar-refractivity contribution in [3.8, 4) is 11.5 Å². The standard InChI is InChI=1S/C19H28N6O2/c1-6-20-19(21-11-18-23-22-13(2)24(18)3)25-8-7-14-9-16(26-4)17(27-5)10-15(14)12-25/h9-10H,6-8,11-12H2,1-5H3,(H,20,21). The summed E-state index contributed by atoms with van der Waals surface area (Å²) in [6, 6.07) is 4.15. The number of benzene rings is 1. The van der Waals surface area contributed by atoms with Gasteiger partial charge < -0.3 is 24.3 Å². The van der Waals surface area contributed by atoms with Gasteiger partial charge >= 0.3 is 0 Å². The molecule has 1 aromatic carbocycles. The van der Waals surface area contributed by atoms with Gasteiger partial charge in [-0.1, -0.05) is 0 Å². The van der Waals surface area contributed by atoms with Crippen LogP contribution >= 0.6 is 0 Å². The number of aryl methyl sites for hydroxylation is 1. The first-order chi connectivity index (χ1) is 13.1. The molecule has 1 aliphatic heterocycles. The highest BCUT2D eigenvalue weighted by Crippen LogP contribution is 2.33. The highest BCUT2D eigenvalue weighted by atomic mass is 16.5. The van der Waals surface area contributed by atoms with Crippen LogP contribution in [0.3, 0.4) is 0 Å². The van der Waals surface area contributed by atoms with E-state index in [1.807, 2.05) is 18.5 Å². The van der Waals surface area contributed by atoms with Gasteiger partial charge in [-0.05, 0) is 43.5 Å². The average Bonchev–Trinajstić information content (AvgIpc) is 3.01. The number of nitrogens with zero attached hydrogens (tertiary/aromatic N) is 5. The molecular weight excluding hydrogens is 344 g/mol. The lowest BCUT2D eigenvalue weighted by Crippen LogP contribution is -2.44. The summed E-state index contributed by atoms with van der Waals surface area (Å²) in [4.78, 5) is 7.05. The van der Waals surface area contributed by atoms with E-state index in [4.69, 9.17) is 14.5 Å². The molecule has 0 saturated carbocycles. The Balaban J connectivity index is 1.81. The van der Waals surface area contributed by atoms with E-state index in [0.29, 0.717) is 6.54 Å². The molecule has 0 aliphatic carbocycles. The van der Waals surface area contributed by atoms with Crippen molar-refractivity contribution >= 4 is 5.96 Å². The Morgan fingerprint density at radius 3 is 2.48 bits per heavy atom. The topological polar surface area (TPSA) is 76.8 Å². The maximum atomic E-state index is 5.46. The van der Waals surface area contributed by atoms with Crippen molar-refractivity contribution in [1.82, 2.24) is 25.0 Å². The number of nitrogens with one attached hydrogen (secondary N) is 1. The van der Waals surface area contributed by atoms with Gasteiger partial charge in [-0.3, -0.25) is 0 Å². The lowest BCUT2D eigenvalue weighted by molar-refractivity contribution is 0.346. The molecule has 2 heterocycles. The van der Waals surface area contributed by atoms with E-state index in [2.05, 4.69) is 39.5 Å². The molecule has 0 fully saturated rings. The Labute approximate surface area is 160 Å². The Hall–Kier alpha value is -2.77. The van der Waals surface area contributed by atoms with Crippen molar-refractivity contribution in [1.29, 1.82) is 0 Å². The Kier molecular flexibility index (Phi) is 5.83. The number of aliphatic imine (C=N–C) groups is 1. The van der Waals surface area contributed by atoms with Crippen LogP contribution in [-0.2, 0) is 26.6 Å². The highest BCUT2D eigenvalue weighted by molar-refractivity contribution is 5.80. The average molecular weight is 372 g/mol. The van der Waals surface area contributed by atoms with Crippen molar-refractivity contribution in [2.75, 3.05) is 27.3 Å². The molecule has 8 heteroatoms. The summed E-state index contributed by atoms with van der Waals surface area (Å²) < 4.78 is 12.9. The molecule has 0 saturated heterocycles. The Morgan fingerprint density at radius 1 is 1.19 bits per heavy atom. The van der Waals surface area contributed by atoms with E-state index in [9.17, 15) is 0 Å². The number of ether oxygens (including phenoxy) is 2. The SMILES string of the molecule is CCNC(=NCc1nnc(C)n1C)N1CCc2cc(OC)c(OC)cc2C1.